The number of phenolic OH excluding ortho intramolecular Hbond substituents is 1. The lowest BCUT2D eigenvalue weighted by molar-refractivity contribution is -0.138. The molecular formula is C32H43FN4O6S4. The number of aromatic hydroxyl groups is 1. The Labute approximate surface area is 299 Å². The zero-order valence-electron chi connectivity index (χ0n) is 26.9. The number of phenols is 1. The second-order valence-corrected chi connectivity index (χ2v) is 12.7. The summed E-state index contributed by atoms with van der Waals surface area (Å²) < 4.78 is 18.7. The smallest absolute Gasteiger partial charge is 0.410 e. The summed E-state index contributed by atoms with van der Waals surface area (Å²) in [5, 5.41) is 14.8. The summed E-state index contributed by atoms with van der Waals surface area (Å²) in [7, 11) is 1.46. The lowest BCUT2D eigenvalue weighted by atomic mass is 10.0. The number of nitrogens with one attached hydrogen (secondary N) is 1. The third-order valence-electron chi connectivity index (χ3n) is 7.31. The van der Waals surface area contributed by atoms with Crippen molar-refractivity contribution in [3.05, 3.63) is 81.6 Å². The van der Waals surface area contributed by atoms with Crippen molar-refractivity contribution in [3.8, 4) is 5.75 Å². The number of ether oxygens (including phenoxy) is 1. The number of hydrogen-bond acceptors (Lipinski definition) is 8. The molecule has 47 heavy (non-hydrogen) atoms. The first kappa shape index (κ1) is 41.8. The molecule has 0 bridgehead atoms. The van der Waals surface area contributed by atoms with Crippen LogP contribution in [0.2, 0.25) is 0 Å². The molecule has 1 fully saturated rings. The number of ketones is 1. The van der Waals surface area contributed by atoms with Crippen LogP contribution in [-0.2, 0) is 20.7 Å². The second kappa shape index (κ2) is 17.8. The molecule has 4 rings (SSSR count). The minimum atomic E-state index is -0.984. The fraction of sp³-hybridized carbons (Fsp3) is 0.406. The van der Waals surface area contributed by atoms with Crippen LogP contribution >= 0.6 is 51.8 Å². The molecule has 1 saturated heterocycles. The number of thiazole rings is 1. The van der Waals surface area contributed by atoms with Crippen LogP contribution in [0.15, 0.2) is 53.9 Å². The maximum absolute atomic E-state index is 14.1. The molecule has 2 aromatic carbocycles. The van der Waals surface area contributed by atoms with E-state index < -0.39 is 41.5 Å². The lowest BCUT2D eigenvalue weighted by Gasteiger charge is -2.31. The fourth-order valence-corrected chi connectivity index (χ4v) is 5.75. The minimum Gasteiger partial charge on any atom is -0.508 e. The van der Waals surface area contributed by atoms with Crippen LogP contribution in [-0.4, -0.2) is 74.9 Å². The Kier molecular flexibility index (Phi) is 15.8. The Morgan fingerprint density at radius 1 is 1.09 bits per heavy atom. The molecule has 0 spiro atoms. The number of likely N-dealkylation sites (tertiary alicyclic amines) is 1. The van der Waals surface area contributed by atoms with Crippen molar-refractivity contribution in [2.24, 2.45) is 0 Å². The van der Waals surface area contributed by atoms with Gasteiger partial charge < -0.3 is 20.1 Å². The normalized spacial score (nSPS) is 15.2. The van der Waals surface area contributed by atoms with Crippen LogP contribution in [0.3, 0.4) is 0 Å². The van der Waals surface area contributed by atoms with E-state index in [1.165, 1.54) is 59.7 Å². The molecule has 0 saturated carbocycles. The van der Waals surface area contributed by atoms with E-state index in [1.807, 2.05) is 0 Å². The lowest BCUT2D eigenvalue weighted by Crippen LogP contribution is -2.54. The monoisotopic (exact) mass is 726 g/mol. The summed E-state index contributed by atoms with van der Waals surface area (Å²) in [5.74, 6) is -1.58. The molecule has 2 N–H and O–H groups in total. The number of rotatable bonds is 9. The Hall–Kier alpha value is -3.27. The number of carbonyl (C=O) groups is 4. The van der Waals surface area contributed by atoms with Crippen molar-refractivity contribution >= 4 is 75.5 Å². The van der Waals surface area contributed by atoms with E-state index in [0.717, 1.165) is 0 Å². The Balaban J connectivity index is 0.00000368. The van der Waals surface area contributed by atoms with E-state index in [4.69, 9.17) is 4.74 Å². The number of benzene rings is 2. The van der Waals surface area contributed by atoms with Crippen molar-refractivity contribution in [1.82, 2.24) is 20.1 Å². The highest BCUT2D eigenvalue weighted by Crippen LogP contribution is 2.35. The summed E-state index contributed by atoms with van der Waals surface area (Å²) in [5.41, 5.74) is 0.489. The van der Waals surface area contributed by atoms with Gasteiger partial charge in [0.25, 0.3) is 0 Å². The highest BCUT2D eigenvalue weighted by atomic mass is 32.1. The van der Waals surface area contributed by atoms with Crippen molar-refractivity contribution in [3.63, 3.8) is 0 Å². The van der Waals surface area contributed by atoms with E-state index in [0.29, 0.717) is 35.5 Å². The topological polar surface area (TPSA) is 129 Å². The van der Waals surface area contributed by atoms with E-state index in [-0.39, 0.29) is 70.0 Å². The van der Waals surface area contributed by atoms with Gasteiger partial charge in [-0.05, 0) is 82.5 Å². The third kappa shape index (κ3) is 10.9. The first-order valence-corrected chi connectivity index (χ1v) is 15.2. The molecule has 1 aliphatic rings. The Bertz CT molecular complexity index is 1510. The highest BCUT2D eigenvalue weighted by Gasteiger charge is 2.38. The molecule has 10 nitrogen and oxygen atoms in total. The van der Waals surface area contributed by atoms with E-state index in [2.05, 4.69) is 10.3 Å². The average Bonchev–Trinajstić information content (AvgIpc) is 3.66. The van der Waals surface area contributed by atoms with Gasteiger partial charge in [0.05, 0.1) is 6.04 Å². The molecular weight excluding hydrogens is 684 g/mol. The second-order valence-electron chi connectivity index (χ2n) is 11.8. The predicted molar refractivity (Wildman–Crippen MR) is 194 cm³/mol. The maximum atomic E-state index is 14.1. The molecule has 258 valence electrons. The van der Waals surface area contributed by atoms with E-state index >= 15 is 0 Å². The Morgan fingerprint density at radius 2 is 1.70 bits per heavy atom. The van der Waals surface area contributed by atoms with Gasteiger partial charge in [-0.15, -0.1) is 11.3 Å². The third-order valence-corrected chi connectivity index (χ3v) is 8.26. The number of aromatic nitrogens is 1. The van der Waals surface area contributed by atoms with Crippen molar-refractivity contribution in [2.75, 3.05) is 13.6 Å². The molecule has 0 unspecified atom stereocenters. The molecule has 1 aliphatic heterocycles. The quantitative estimate of drug-likeness (QED) is 0.290. The number of hydrogen-bond donors (Lipinski definition) is 2. The summed E-state index contributed by atoms with van der Waals surface area (Å²) in [6, 6.07) is 9.27. The van der Waals surface area contributed by atoms with Gasteiger partial charge in [0.15, 0.2) is 0 Å². The van der Waals surface area contributed by atoms with Crippen LogP contribution < -0.4 is 5.32 Å². The summed E-state index contributed by atoms with van der Waals surface area (Å²) in [4.78, 5) is 60.4. The minimum absolute atomic E-state index is 0. The fourth-order valence-electron chi connectivity index (χ4n) is 4.81. The largest absolute Gasteiger partial charge is 0.508 e. The summed E-state index contributed by atoms with van der Waals surface area (Å²) in [6.45, 7) is 7.17. The van der Waals surface area contributed by atoms with Crippen LogP contribution in [0.4, 0.5) is 9.18 Å². The molecule has 0 aliphatic carbocycles. The summed E-state index contributed by atoms with van der Waals surface area (Å²) >= 11 is 1.27. The van der Waals surface area contributed by atoms with Crippen molar-refractivity contribution < 1.29 is 33.4 Å². The first-order valence-electron chi connectivity index (χ1n) is 14.3. The molecule has 3 aromatic rings. The molecule has 3 atom stereocenters. The van der Waals surface area contributed by atoms with Crippen LogP contribution in [0, 0.1) is 5.82 Å². The SMILES string of the molecule is C[C@@H](C(=O)N[C@@H](Cc1ccc(O)cc1)C(=O)N1CCC[C@H]1c1nc(C(=O)c2ccc(F)cc2)cs1)N(C)C(=O)OC(C)(C)C.S.S.S. The van der Waals surface area contributed by atoms with Gasteiger partial charge in [0.1, 0.15) is 40.0 Å². The zero-order valence-corrected chi connectivity index (χ0v) is 30.7. The first-order chi connectivity index (χ1) is 20.7. The number of carbonyl (C=O) groups excluding carboxylic acids is 4. The average molecular weight is 727 g/mol. The number of amides is 3. The van der Waals surface area contributed by atoms with Crippen molar-refractivity contribution in [1.29, 1.82) is 0 Å². The maximum Gasteiger partial charge on any atom is 0.410 e. The van der Waals surface area contributed by atoms with Crippen molar-refractivity contribution in [2.45, 2.75) is 70.7 Å². The van der Waals surface area contributed by atoms with Gasteiger partial charge in [0.2, 0.25) is 17.6 Å². The van der Waals surface area contributed by atoms with Gasteiger partial charge in [-0.2, -0.15) is 40.5 Å². The predicted octanol–water partition coefficient (Wildman–Crippen LogP) is 5.20. The Morgan fingerprint density at radius 3 is 2.30 bits per heavy atom. The van der Waals surface area contributed by atoms with E-state index in [9.17, 15) is 28.7 Å². The van der Waals surface area contributed by atoms with Gasteiger partial charge in [-0.1, -0.05) is 12.1 Å². The standard InChI is InChI=1S/C32H37FN4O6S.3H2S/c1-19(36(5)31(42)43-32(2,3)4)28(40)34-24(17-20-8-14-23(38)15-9-20)30(41)37-16-6-7-26(37)29-35-25(18-44-29)27(39)21-10-12-22(33)13-11-21;;;/h8-15,18-19,24,26,38H,6-7,16-17H2,1-5H3,(H,34,40);3*1H2/t19-,24-,26-;;;/m0.../s1. The number of halogens is 1. The van der Waals surface area contributed by atoms with Crippen LogP contribution in [0.25, 0.3) is 0 Å². The van der Waals surface area contributed by atoms with Gasteiger partial charge >= 0.3 is 6.09 Å². The van der Waals surface area contributed by atoms with Crippen LogP contribution in [0.5, 0.6) is 5.75 Å². The molecule has 3 amide bonds. The number of likely N-dealkylation sites (N-methyl/N-ethyl adjacent to an activating group) is 1. The summed E-state index contributed by atoms with van der Waals surface area (Å²) in [6.07, 6.45) is 0.801. The number of nitrogens with zero attached hydrogens (tertiary/aromatic N) is 3. The van der Waals surface area contributed by atoms with Gasteiger partial charge in [-0.25, -0.2) is 14.2 Å². The molecule has 15 heteroatoms. The zero-order chi connectivity index (χ0) is 32.2. The van der Waals surface area contributed by atoms with Crippen LogP contribution in [0.1, 0.15) is 73.2 Å². The molecule has 1 aromatic heterocycles. The highest BCUT2D eigenvalue weighted by molar-refractivity contribution is 7.59. The van der Waals surface area contributed by atoms with Gasteiger partial charge in [-0.3, -0.25) is 19.3 Å². The van der Waals surface area contributed by atoms with Gasteiger partial charge in [0, 0.05) is 31.0 Å². The van der Waals surface area contributed by atoms with E-state index in [1.54, 1.807) is 50.1 Å². The molecule has 0 radical (unpaired) electrons. The molecule has 2 heterocycles.